The van der Waals surface area contributed by atoms with Crippen molar-refractivity contribution in [3.63, 3.8) is 0 Å². The van der Waals surface area contributed by atoms with E-state index in [4.69, 9.17) is 9.47 Å². The average molecular weight is 298 g/mol. The molecule has 118 valence electrons. The SMILES string of the molecule is C=CCOc1ccccc1CCc1cccc(OC)c1.CC. The van der Waals surface area contributed by atoms with E-state index in [0.29, 0.717) is 6.61 Å². The Morgan fingerprint density at radius 1 is 1.00 bits per heavy atom. The van der Waals surface area contributed by atoms with Crippen LogP contribution in [0.5, 0.6) is 11.5 Å². The molecule has 0 unspecified atom stereocenters. The molecule has 2 rings (SSSR count). The number of para-hydroxylation sites is 1. The highest BCUT2D eigenvalue weighted by Crippen LogP contribution is 2.21. The van der Waals surface area contributed by atoms with Crippen LogP contribution >= 0.6 is 0 Å². The predicted molar refractivity (Wildman–Crippen MR) is 93.9 cm³/mol. The van der Waals surface area contributed by atoms with E-state index in [2.05, 4.69) is 24.8 Å². The van der Waals surface area contributed by atoms with Crippen molar-refractivity contribution in [1.29, 1.82) is 0 Å². The van der Waals surface area contributed by atoms with Crippen LogP contribution in [0.25, 0.3) is 0 Å². The van der Waals surface area contributed by atoms with Gasteiger partial charge in [0.15, 0.2) is 0 Å². The topological polar surface area (TPSA) is 18.5 Å². The van der Waals surface area contributed by atoms with E-state index >= 15 is 0 Å². The molecule has 0 N–H and O–H groups in total. The van der Waals surface area contributed by atoms with Crippen LogP contribution in [0, 0.1) is 0 Å². The Hall–Kier alpha value is -2.22. The molecular formula is C20H26O2. The Morgan fingerprint density at radius 2 is 1.77 bits per heavy atom. The number of aryl methyl sites for hydroxylation is 2. The van der Waals surface area contributed by atoms with Gasteiger partial charge >= 0.3 is 0 Å². The summed E-state index contributed by atoms with van der Waals surface area (Å²) in [6.07, 6.45) is 3.67. The molecule has 0 spiro atoms. The number of ether oxygens (including phenoxy) is 2. The number of rotatable bonds is 7. The highest BCUT2D eigenvalue weighted by atomic mass is 16.5. The van der Waals surface area contributed by atoms with Gasteiger partial charge in [-0.1, -0.05) is 56.8 Å². The van der Waals surface area contributed by atoms with Crippen molar-refractivity contribution in [2.24, 2.45) is 0 Å². The fourth-order valence-electron chi connectivity index (χ4n) is 2.11. The Bertz CT molecular complexity index is 561. The molecule has 0 aliphatic heterocycles. The van der Waals surface area contributed by atoms with Gasteiger partial charge in [0.25, 0.3) is 0 Å². The lowest BCUT2D eigenvalue weighted by Gasteiger charge is -2.10. The van der Waals surface area contributed by atoms with E-state index in [1.54, 1.807) is 13.2 Å². The average Bonchev–Trinajstić information content (AvgIpc) is 2.60. The molecule has 0 saturated carbocycles. The van der Waals surface area contributed by atoms with Crippen molar-refractivity contribution in [2.45, 2.75) is 26.7 Å². The molecule has 0 radical (unpaired) electrons. The van der Waals surface area contributed by atoms with E-state index < -0.39 is 0 Å². The molecule has 0 aliphatic carbocycles. The number of hydrogen-bond donors (Lipinski definition) is 0. The maximum absolute atomic E-state index is 5.68. The molecule has 2 aromatic carbocycles. The normalized spacial score (nSPS) is 9.41. The predicted octanol–water partition coefficient (Wildman–Crippen LogP) is 5.07. The summed E-state index contributed by atoms with van der Waals surface area (Å²) in [7, 11) is 1.69. The highest BCUT2D eigenvalue weighted by molar-refractivity contribution is 5.35. The summed E-state index contributed by atoms with van der Waals surface area (Å²) in [4.78, 5) is 0. The molecule has 0 bridgehead atoms. The second kappa shape index (κ2) is 10.5. The molecule has 2 heteroatoms. The molecular weight excluding hydrogens is 272 g/mol. The third-order valence-electron chi connectivity index (χ3n) is 3.15. The molecule has 0 heterocycles. The summed E-state index contributed by atoms with van der Waals surface area (Å²) in [6.45, 7) is 8.22. The van der Waals surface area contributed by atoms with Crippen molar-refractivity contribution >= 4 is 0 Å². The quantitative estimate of drug-likeness (QED) is 0.664. The Kier molecular flexibility index (Phi) is 8.51. The van der Waals surface area contributed by atoms with Gasteiger partial charge in [0, 0.05) is 0 Å². The van der Waals surface area contributed by atoms with Gasteiger partial charge in [-0.25, -0.2) is 0 Å². The van der Waals surface area contributed by atoms with Gasteiger partial charge in [-0.15, -0.1) is 0 Å². The van der Waals surface area contributed by atoms with Crippen LogP contribution in [-0.2, 0) is 12.8 Å². The van der Waals surface area contributed by atoms with Gasteiger partial charge in [-0.3, -0.25) is 0 Å². The monoisotopic (exact) mass is 298 g/mol. The summed E-state index contributed by atoms with van der Waals surface area (Å²) in [5.41, 5.74) is 2.49. The van der Waals surface area contributed by atoms with E-state index in [1.165, 1.54) is 11.1 Å². The smallest absolute Gasteiger partial charge is 0.122 e. The van der Waals surface area contributed by atoms with Crippen molar-refractivity contribution < 1.29 is 9.47 Å². The summed E-state index contributed by atoms with van der Waals surface area (Å²) < 4.78 is 10.9. The van der Waals surface area contributed by atoms with E-state index in [9.17, 15) is 0 Å². The first-order chi connectivity index (χ1) is 10.8. The van der Waals surface area contributed by atoms with Crippen LogP contribution in [0.1, 0.15) is 25.0 Å². The zero-order chi connectivity index (χ0) is 16.2. The van der Waals surface area contributed by atoms with Crippen molar-refractivity contribution in [3.8, 4) is 11.5 Å². The van der Waals surface area contributed by atoms with Gasteiger partial charge in [0.1, 0.15) is 18.1 Å². The Balaban J connectivity index is 0.00000116. The minimum Gasteiger partial charge on any atom is -0.497 e. The lowest BCUT2D eigenvalue weighted by molar-refractivity contribution is 0.359. The second-order valence-electron chi connectivity index (χ2n) is 4.56. The van der Waals surface area contributed by atoms with Gasteiger partial charge in [-0.2, -0.15) is 0 Å². The maximum atomic E-state index is 5.68. The highest BCUT2D eigenvalue weighted by Gasteiger charge is 2.03. The zero-order valence-corrected chi connectivity index (χ0v) is 13.8. The number of benzene rings is 2. The van der Waals surface area contributed by atoms with Crippen molar-refractivity contribution in [2.75, 3.05) is 13.7 Å². The van der Waals surface area contributed by atoms with E-state index in [-0.39, 0.29) is 0 Å². The first-order valence-electron chi connectivity index (χ1n) is 7.78. The molecule has 0 saturated heterocycles. The number of hydrogen-bond acceptors (Lipinski definition) is 2. The molecule has 0 aromatic heterocycles. The third-order valence-corrected chi connectivity index (χ3v) is 3.15. The molecule has 2 nitrogen and oxygen atoms in total. The minimum absolute atomic E-state index is 0.538. The van der Waals surface area contributed by atoms with Crippen LogP contribution in [-0.4, -0.2) is 13.7 Å². The van der Waals surface area contributed by atoms with Crippen LogP contribution in [0.4, 0.5) is 0 Å². The maximum Gasteiger partial charge on any atom is 0.122 e. The van der Waals surface area contributed by atoms with Crippen molar-refractivity contribution in [3.05, 3.63) is 72.3 Å². The van der Waals surface area contributed by atoms with Crippen LogP contribution in [0.2, 0.25) is 0 Å². The first-order valence-corrected chi connectivity index (χ1v) is 7.78. The first kappa shape index (κ1) is 17.8. The minimum atomic E-state index is 0.538. The summed E-state index contributed by atoms with van der Waals surface area (Å²) in [5, 5.41) is 0. The van der Waals surface area contributed by atoms with Gasteiger partial charge in [0.2, 0.25) is 0 Å². The lowest BCUT2D eigenvalue weighted by Crippen LogP contribution is -1.99. The molecule has 0 aliphatic rings. The van der Waals surface area contributed by atoms with E-state index in [0.717, 1.165) is 24.3 Å². The Morgan fingerprint density at radius 3 is 2.50 bits per heavy atom. The molecule has 0 amide bonds. The largest absolute Gasteiger partial charge is 0.497 e. The van der Waals surface area contributed by atoms with E-state index in [1.807, 2.05) is 44.2 Å². The summed E-state index contributed by atoms with van der Waals surface area (Å²) in [6, 6.07) is 16.3. The van der Waals surface area contributed by atoms with Gasteiger partial charge in [0.05, 0.1) is 7.11 Å². The Labute approximate surface area is 134 Å². The zero-order valence-electron chi connectivity index (χ0n) is 13.8. The fourth-order valence-corrected chi connectivity index (χ4v) is 2.11. The molecule has 2 aromatic rings. The number of methoxy groups -OCH3 is 1. The fraction of sp³-hybridized carbons (Fsp3) is 0.300. The van der Waals surface area contributed by atoms with Crippen LogP contribution in [0.3, 0.4) is 0 Å². The summed E-state index contributed by atoms with van der Waals surface area (Å²) >= 11 is 0. The third kappa shape index (κ3) is 5.65. The summed E-state index contributed by atoms with van der Waals surface area (Å²) in [5.74, 6) is 1.84. The van der Waals surface area contributed by atoms with Gasteiger partial charge < -0.3 is 9.47 Å². The molecule has 0 atom stereocenters. The van der Waals surface area contributed by atoms with Crippen LogP contribution in [0.15, 0.2) is 61.2 Å². The van der Waals surface area contributed by atoms with Crippen LogP contribution < -0.4 is 9.47 Å². The molecule has 0 fully saturated rings. The van der Waals surface area contributed by atoms with Crippen molar-refractivity contribution in [1.82, 2.24) is 0 Å². The second-order valence-corrected chi connectivity index (χ2v) is 4.56. The lowest BCUT2D eigenvalue weighted by atomic mass is 10.0. The standard InChI is InChI=1S/C18H20O2.C2H6/c1-3-13-20-18-10-5-4-8-16(18)12-11-15-7-6-9-17(14-15)19-2;1-2/h3-10,14H,1,11-13H2,2H3;1-2H3. The van der Waals surface area contributed by atoms with Gasteiger partial charge in [-0.05, 0) is 42.2 Å². The molecule has 22 heavy (non-hydrogen) atoms.